The first-order valence-corrected chi connectivity index (χ1v) is 7.56. The molecule has 0 amide bonds. The van der Waals surface area contributed by atoms with E-state index in [2.05, 4.69) is 59.9 Å². The molecule has 0 bridgehead atoms. The molecule has 0 aliphatic carbocycles. The maximum Gasteiger partial charge on any atom is 0.178 e. The molecule has 0 saturated carbocycles. The number of H-pyrrole nitrogens is 1. The number of benzene rings is 1. The highest BCUT2D eigenvalue weighted by Gasteiger charge is 2.04. The predicted molar refractivity (Wildman–Crippen MR) is 86.7 cm³/mol. The third-order valence-electron chi connectivity index (χ3n) is 3.09. The van der Waals surface area contributed by atoms with Gasteiger partial charge in [-0.2, -0.15) is 0 Å². The summed E-state index contributed by atoms with van der Waals surface area (Å²) < 4.78 is 6.26. The molecule has 2 heterocycles. The largest absolute Gasteiger partial charge is 0.337 e. The fourth-order valence-electron chi connectivity index (χ4n) is 2.19. The Bertz CT molecular complexity index is 742. The predicted octanol–water partition coefficient (Wildman–Crippen LogP) is 3.59. The first kappa shape index (κ1) is 12.9. The smallest absolute Gasteiger partial charge is 0.178 e. The van der Waals surface area contributed by atoms with Gasteiger partial charge in [0.2, 0.25) is 0 Å². The Kier molecular flexibility index (Phi) is 3.69. The van der Waals surface area contributed by atoms with Gasteiger partial charge in [-0.3, -0.25) is 0 Å². The van der Waals surface area contributed by atoms with E-state index in [1.807, 2.05) is 12.5 Å². The van der Waals surface area contributed by atoms with Crippen LogP contribution in [0, 0.1) is 8.34 Å². The molecule has 0 spiro atoms. The van der Waals surface area contributed by atoms with Gasteiger partial charge in [-0.05, 0) is 59.4 Å². The van der Waals surface area contributed by atoms with Crippen LogP contribution in [0.15, 0.2) is 36.9 Å². The summed E-state index contributed by atoms with van der Waals surface area (Å²) in [6, 6.07) is 6.36. The maximum atomic E-state index is 5.40. The van der Waals surface area contributed by atoms with Crippen molar-refractivity contribution in [3.8, 4) is 0 Å². The lowest BCUT2D eigenvalue weighted by molar-refractivity contribution is 0.568. The first-order chi connectivity index (χ1) is 9.24. The van der Waals surface area contributed by atoms with E-state index in [-0.39, 0.29) is 0 Å². The van der Waals surface area contributed by atoms with Gasteiger partial charge < -0.3 is 14.1 Å². The standard InChI is InChI=1S/C13H13IN4S/c14-10-2-3-12-11(8-10)16-13(19)18(12)6-1-5-17-7-4-15-9-17/h2-4,7-9H,1,5-6H2,(H,16,19). The van der Waals surface area contributed by atoms with Crippen molar-refractivity contribution < 1.29 is 0 Å². The van der Waals surface area contributed by atoms with Crippen molar-refractivity contribution in [2.24, 2.45) is 0 Å². The minimum absolute atomic E-state index is 0.794. The van der Waals surface area contributed by atoms with Crippen molar-refractivity contribution in [3.63, 3.8) is 0 Å². The van der Waals surface area contributed by atoms with Crippen LogP contribution in [-0.4, -0.2) is 19.1 Å². The SMILES string of the molecule is S=c1[nH]c2cc(I)ccc2n1CCCn1ccnc1. The molecule has 0 aliphatic rings. The van der Waals surface area contributed by atoms with Crippen molar-refractivity contribution in [3.05, 3.63) is 45.3 Å². The van der Waals surface area contributed by atoms with Gasteiger partial charge in [0.15, 0.2) is 4.77 Å². The van der Waals surface area contributed by atoms with Crippen LogP contribution in [-0.2, 0) is 13.1 Å². The average molecular weight is 384 g/mol. The second-order valence-corrected chi connectivity index (χ2v) is 6.03. The number of rotatable bonds is 4. The minimum Gasteiger partial charge on any atom is -0.337 e. The van der Waals surface area contributed by atoms with Gasteiger partial charge in [0.25, 0.3) is 0 Å². The first-order valence-electron chi connectivity index (χ1n) is 6.08. The van der Waals surface area contributed by atoms with Gasteiger partial charge >= 0.3 is 0 Å². The molecule has 0 unspecified atom stereocenters. The molecular weight excluding hydrogens is 371 g/mol. The van der Waals surface area contributed by atoms with E-state index in [0.29, 0.717) is 0 Å². The monoisotopic (exact) mass is 384 g/mol. The molecule has 0 aliphatic heterocycles. The highest BCUT2D eigenvalue weighted by molar-refractivity contribution is 14.1. The van der Waals surface area contributed by atoms with Crippen molar-refractivity contribution >= 4 is 45.8 Å². The number of aromatic amines is 1. The fourth-order valence-corrected chi connectivity index (χ4v) is 2.98. The topological polar surface area (TPSA) is 38.5 Å². The lowest BCUT2D eigenvalue weighted by Crippen LogP contribution is -2.02. The summed E-state index contributed by atoms with van der Waals surface area (Å²) in [5.41, 5.74) is 2.29. The minimum atomic E-state index is 0.794. The van der Waals surface area contributed by atoms with Gasteiger partial charge in [0.05, 0.1) is 17.4 Å². The lowest BCUT2D eigenvalue weighted by atomic mass is 10.3. The Morgan fingerprint density at radius 1 is 1.32 bits per heavy atom. The normalized spacial score (nSPS) is 11.2. The van der Waals surface area contributed by atoms with Crippen LogP contribution in [0.3, 0.4) is 0 Å². The summed E-state index contributed by atoms with van der Waals surface area (Å²) in [5.74, 6) is 0. The van der Waals surface area contributed by atoms with E-state index in [9.17, 15) is 0 Å². The van der Waals surface area contributed by atoms with Crippen LogP contribution in [0.1, 0.15) is 6.42 Å². The van der Waals surface area contributed by atoms with Crippen LogP contribution in [0.25, 0.3) is 11.0 Å². The molecule has 3 rings (SSSR count). The number of aryl methyl sites for hydroxylation is 2. The van der Waals surface area contributed by atoms with Crippen molar-refractivity contribution in [1.82, 2.24) is 19.1 Å². The highest BCUT2D eigenvalue weighted by Crippen LogP contribution is 2.17. The Morgan fingerprint density at radius 2 is 2.21 bits per heavy atom. The molecule has 6 heteroatoms. The lowest BCUT2D eigenvalue weighted by Gasteiger charge is -2.05. The number of fused-ring (bicyclic) bond motifs is 1. The average Bonchev–Trinajstić information content (AvgIpc) is 2.98. The van der Waals surface area contributed by atoms with Crippen molar-refractivity contribution in [2.45, 2.75) is 19.5 Å². The van der Waals surface area contributed by atoms with Gasteiger partial charge in [0, 0.05) is 29.1 Å². The molecule has 1 aromatic carbocycles. The maximum absolute atomic E-state index is 5.40. The summed E-state index contributed by atoms with van der Waals surface area (Å²) >= 11 is 7.71. The number of nitrogens with one attached hydrogen (secondary N) is 1. The Morgan fingerprint density at radius 3 is 3.00 bits per heavy atom. The molecule has 0 saturated heterocycles. The van der Waals surface area contributed by atoms with Crippen molar-refractivity contribution in [2.75, 3.05) is 0 Å². The Balaban J connectivity index is 1.80. The number of aromatic nitrogens is 4. The number of hydrogen-bond donors (Lipinski definition) is 1. The molecule has 4 nitrogen and oxygen atoms in total. The number of nitrogens with zero attached hydrogens (tertiary/aromatic N) is 3. The van der Waals surface area contributed by atoms with E-state index >= 15 is 0 Å². The van der Waals surface area contributed by atoms with E-state index in [1.54, 1.807) is 6.20 Å². The van der Waals surface area contributed by atoms with Gasteiger partial charge in [-0.25, -0.2) is 4.98 Å². The molecule has 98 valence electrons. The van der Waals surface area contributed by atoms with E-state index < -0.39 is 0 Å². The summed E-state index contributed by atoms with van der Waals surface area (Å²) in [4.78, 5) is 7.31. The zero-order valence-electron chi connectivity index (χ0n) is 10.2. The highest BCUT2D eigenvalue weighted by atomic mass is 127. The van der Waals surface area contributed by atoms with Gasteiger partial charge in [0.1, 0.15) is 0 Å². The third kappa shape index (κ3) is 2.74. The van der Waals surface area contributed by atoms with Crippen LogP contribution < -0.4 is 0 Å². The summed E-state index contributed by atoms with van der Waals surface area (Å²) in [6.07, 6.45) is 6.66. The molecule has 0 fully saturated rings. The molecule has 3 aromatic rings. The summed E-state index contributed by atoms with van der Waals surface area (Å²) in [7, 11) is 0. The molecule has 0 radical (unpaired) electrons. The second kappa shape index (κ2) is 5.46. The number of halogens is 1. The quantitative estimate of drug-likeness (QED) is 0.552. The Hall–Kier alpha value is -1.15. The van der Waals surface area contributed by atoms with E-state index in [1.165, 1.54) is 9.09 Å². The molecular formula is C13H13IN4S. The third-order valence-corrected chi connectivity index (χ3v) is 4.09. The van der Waals surface area contributed by atoms with Crippen LogP contribution in [0.4, 0.5) is 0 Å². The van der Waals surface area contributed by atoms with Crippen LogP contribution >= 0.6 is 34.8 Å². The fraction of sp³-hybridized carbons (Fsp3) is 0.231. The van der Waals surface area contributed by atoms with Gasteiger partial charge in [-0.1, -0.05) is 0 Å². The molecule has 1 N–H and O–H groups in total. The Labute approximate surface area is 129 Å². The van der Waals surface area contributed by atoms with Gasteiger partial charge in [-0.15, -0.1) is 0 Å². The van der Waals surface area contributed by atoms with Crippen molar-refractivity contribution in [1.29, 1.82) is 0 Å². The molecule has 19 heavy (non-hydrogen) atoms. The zero-order valence-corrected chi connectivity index (χ0v) is 13.2. The number of imidazole rings is 2. The van der Waals surface area contributed by atoms with E-state index in [0.717, 1.165) is 29.8 Å². The zero-order chi connectivity index (χ0) is 13.2. The second-order valence-electron chi connectivity index (χ2n) is 4.40. The van der Waals surface area contributed by atoms with E-state index in [4.69, 9.17) is 12.2 Å². The summed E-state index contributed by atoms with van der Waals surface area (Å²) in [6.45, 7) is 1.87. The molecule has 2 aromatic heterocycles. The van der Waals surface area contributed by atoms with Crippen LogP contribution in [0.5, 0.6) is 0 Å². The number of hydrogen-bond acceptors (Lipinski definition) is 2. The molecule has 0 atom stereocenters. The summed E-state index contributed by atoms with van der Waals surface area (Å²) in [5, 5.41) is 0. The van der Waals surface area contributed by atoms with Crippen LogP contribution in [0.2, 0.25) is 0 Å².